The van der Waals surface area contributed by atoms with Gasteiger partial charge >= 0.3 is 0 Å². The fourth-order valence-corrected chi connectivity index (χ4v) is 4.18. The van der Waals surface area contributed by atoms with Crippen molar-refractivity contribution in [3.8, 4) is 0 Å². The molecule has 1 spiro atoms. The van der Waals surface area contributed by atoms with Crippen LogP contribution in [0.2, 0.25) is 0 Å². The lowest BCUT2D eigenvalue weighted by molar-refractivity contribution is -0.117. The number of benzene rings is 1. The number of hydrogen-bond acceptors (Lipinski definition) is 3. The molecule has 3 heterocycles. The van der Waals surface area contributed by atoms with Gasteiger partial charge in [0.1, 0.15) is 0 Å². The quantitative estimate of drug-likeness (QED) is 0.870. The predicted molar refractivity (Wildman–Crippen MR) is 93.7 cm³/mol. The zero-order valence-corrected chi connectivity index (χ0v) is 14.4. The van der Waals surface area contributed by atoms with Gasteiger partial charge in [0.2, 0.25) is 5.91 Å². The van der Waals surface area contributed by atoms with E-state index >= 15 is 0 Å². The summed E-state index contributed by atoms with van der Waals surface area (Å²) in [5.74, 6) is 0.270. The number of carbonyl (C=O) groups excluding carboxylic acids is 1. The average molecular weight is 324 g/mol. The maximum Gasteiger partial charge on any atom is 0.227 e. The van der Waals surface area contributed by atoms with Crippen molar-refractivity contribution in [3.05, 3.63) is 48.0 Å². The molecular formula is C19H24N4O. The lowest BCUT2D eigenvalue weighted by Gasteiger charge is -2.25. The monoisotopic (exact) mass is 324 g/mol. The van der Waals surface area contributed by atoms with E-state index in [9.17, 15) is 4.79 Å². The summed E-state index contributed by atoms with van der Waals surface area (Å²) in [4.78, 5) is 21.3. The van der Waals surface area contributed by atoms with Gasteiger partial charge in [0, 0.05) is 50.4 Å². The van der Waals surface area contributed by atoms with E-state index in [1.54, 1.807) is 0 Å². The number of aryl methyl sites for hydroxylation is 2. The van der Waals surface area contributed by atoms with E-state index < -0.39 is 0 Å². The molecule has 1 aromatic carbocycles. The topological polar surface area (TPSA) is 41.4 Å². The van der Waals surface area contributed by atoms with Crippen LogP contribution in [0.5, 0.6) is 0 Å². The summed E-state index contributed by atoms with van der Waals surface area (Å²) in [6.07, 6.45) is 5.55. The summed E-state index contributed by atoms with van der Waals surface area (Å²) in [7, 11) is 2.03. The van der Waals surface area contributed by atoms with Crippen molar-refractivity contribution in [2.75, 3.05) is 24.5 Å². The minimum atomic E-state index is 0.109. The van der Waals surface area contributed by atoms with Crippen LogP contribution in [-0.2, 0) is 18.4 Å². The highest BCUT2D eigenvalue weighted by Gasteiger charge is 2.47. The van der Waals surface area contributed by atoms with Gasteiger partial charge in [-0.25, -0.2) is 4.98 Å². The summed E-state index contributed by atoms with van der Waals surface area (Å²) < 4.78 is 2.07. The number of imidazole rings is 1. The van der Waals surface area contributed by atoms with E-state index in [0.29, 0.717) is 6.42 Å². The molecule has 2 aromatic rings. The molecule has 1 amide bonds. The van der Waals surface area contributed by atoms with Gasteiger partial charge in [0.05, 0.1) is 12.0 Å². The minimum Gasteiger partial charge on any atom is -0.337 e. The van der Waals surface area contributed by atoms with Gasteiger partial charge in [0.25, 0.3) is 0 Å². The van der Waals surface area contributed by atoms with E-state index in [-0.39, 0.29) is 11.3 Å². The number of para-hydroxylation sites is 1. The third kappa shape index (κ3) is 2.63. The Morgan fingerprint density at radius 2 is 2.08 bits per heavy atom. The number of nitrogens with zero attached hydrogens (tertiary/aromatic N) is 4. The van der Waals surface area contributed by atoms with Crippen LogP contribution in [-0.4, -0.2) is 40.0 Å². The van der Waals surface area contributed by atoms with Gasteiger partial charge < -0.3 is 9.47 Å². The maximum atomic E-state index is 12.7. The van der Waals surface area contributed by atoms with Gasteiger partial charge in [0.15, 0.2) is 0 Å². The highest BCUT2D eigenvalue weighted by atomic mass is 16.2. The normalized spacial score (nSPS) is 24.4. The molecule has 0 bridgehead atoms. The number of amides is 1. The molecule has 0 saturated carbocycles. The van der Waals surface area contributed by atoms with E-state index in [1.165, 1.54) is 11.3 Å². The number of hydrogen-bond donors (Lipinski definition) is 0. The third-order valence-electron chi connectivity index (χ3n) is 5.55. The Kier molecular flexibility index (Phi) is 3.68. The molecule has 1 atom stereocenters. The summed E-state index contributed by atoms with van der Waals surface area (Å²) in [5.41, 5.74) is 3.59. The predicted octanol–water partition coefficient (Wildman–Crippen LogP) is 2.36. The molecule has 0 N–H and O–H groups in total. The van der Waals surface area contributed by atoms with Crippen molar-refractivity contribution >= 4 is 11.6 Å². The van der Waals surface area contributed by atoms with Crippen LogP contribution in [0.1, 0.15) is 24.1 Å². The van der Waals surface area contributed by atoms with Gasteiger partial charge in [-0.3, -0.25) is 9.69 Å². The van der Waals surface area contributed by atoms with Crippen LogP contribution in [0.4, 0.5) is 5.69 Å². The van der Waals surface area contributed by atoms with Crippen molar-refractivity contribution < 1.29 is 4.79 Å². The Morgan fingerprint density at radius 1 is 1.25 bits per heavy atom. The molecule has 2 aliphatic rings. The third-order valence-corrected chi connectivity index (χ3v) is 5.55. The number of aromatic nitrogens is 2. The molecule has 1 aromatic heterocycles. The molecule has 2 fully saturated rings. The van der Waals surface area contributed by atoms with Crippen molar-refractivity contribution in [2.45, 2.75) is 26.3 Å². The van der Waals surface area contributed by atoms with Crippen LogP contribution in [0.25, 0.3) is 0 Å². The Morgan fingerprint density at radius 3 is 2.83 bits per heavy atom. The summed E-state index contributed by atoms with van der Waals surface area (Å²) in [6.45, 7) is 5.89. The Bertz CT molecular complexity index is 768. The number of likely N-dealkylation sites (tertiary alicyclic amines) is 1. The van der Waals surface area contributed by atoms with Crippen molar-refractivity contribution in [2.24, 2.45) is 12.5 Å². The summed E-state index contributed by atoms with van der Waals surface area (Å²) in [5, 5.41) is 0. The average Bonchev–Trinajstić information content (AvgIpc) is 3.22. The number of rotatable bonds is 3. The summed E-state index contributed by atoms with van der Waals surface area (Å²) >= 11 is 0. The second-order valence-electron chi connectivity index (χ2n) is 7.40. The first-order chi connectivity index (χ1) is 11.6. The number of anilines is 1. The molecule has 0 aliphatic carbocycles. The summed E-state index contributed by atoms with van der Waals surface area (Å²) in [6, 6.07) is 8.19. The Balaban J connectivity index is 1.49. The van der Waals surface area contributed by atoms with Crippen molar-refractivity contribution in [3.63, 3.8) is 0 Å². The first kappa shape index (κ1) is 15.4. The van der Waals surface area contributed by atoms with Crippen LogP contribution in [0.3, 0.4) is 0 Å². The lowest BCUT2D eigenvalue weighted by Crippen LogP contribution is -2.31. The SMILES string of the molecule is Cc1ccccc1N1C[C@]2(CCN(Cc3cncn3C)C2)CC1=O. The molecule has 0 unspecified atom stereocenters. The molecule has 24 heavy (non-hydrogen) atoms. The molecule has 2 saturated heterocycles. The van der Waals surface area contributed by atoms with E-state index in [0.717, 1.165) is 38.3 Å². The van der Waals surface area contributed by atoms with Crippen LogP contribution < -0.4 is 4.90 Å². The minimum absolute atomic E-state index is 0.109. The molecule has 0 radical (unpaired) electrons. The van der Waals surface area contributed by atoms with Crippen LogP contribution in [0.15, 0.2) is 36.8 Å². The fraction of sp³-hybridized carbons (Fsp3) is 0.474. The smallest absolute Gasteiger partial charge is 0.227 e. The standard InChI is InChI=1S/C19H24N4O/c1-15-5-3-4-6-17(15)23-13-19(9-18(23)24)7-8-22(12-19)11-16-10-20-14-21(16)2/h3-6,10,14H,7-9,11-13H2,1-2H3/t19-/m1/s1. The molecule has 5 nitrogen and oxygen atoms in total. The van der Waals surface area contributed by atoms with Gasteiger partial charge in [-0.05, 0) is 31.5 Å². The highest BCUT2D eigenvalue weighted by Crippen LogP contribution is 2.42. The van der Waals surface area contributed by atoms with Crippen molar-refractivity contribution in [1.29, 1.82) is 0 Å². The van der Waals surface area contributed by atoms with E-state index in [1.807, 2.05) is 36.6 Å². The molecule has 2 aliphatic heterocycles. The van der Waals surface area contributed by atoms with E-state index in [2.05, 4.69) is 33.5 Å². The molecule has 5 heteroatoms. The largest absolute Gasteiger partial charge is 0.337 e. The van der Waals surface area contributed by atoms with Crippen LogP contribution >= 0.6 is 0 Å². The van der Waals surface area contributed by atoms with E-state index in [4.69, 9.17) is 0 Å². The second kappa shape index (κ2) is 5.74. The Hall–Kier alpha value is -2.14. The van der Waals surface area contributed by atoms with Crippen molar-refractivity contribution in [1.82, 2.24) is 14.5 Å². The molecule has 126 valence electrons. The van der Waals surface area contributed by atoms with Gasteiger partial charge in [-0.2, -0.15) is 0 Å². The maximum absolute atomic E-state index is 12.7. The first-order valence-corrected chi connectivity index (χ1v) is 8.60. The molecule has 4 rings (SSSR count). The second-order valence-corrected chi connectivity index (χ2v) is 7.40. The lowest BCUT2D eigenvalue weighted by atomic mass is 9.86. The van der Waals surface area contributed by atoms with Gasteiger partial charge in [-0.15, -0.1) is 0 Å². The Labute approximate surface area is 142 Å². The molecular weight excluding hydrogens is 300 g/mol. The van der Waals surface area contributed by atoms with Gasteiger partial charge in [-0.1, -0.05) is 18.2 Å². The van der Waals surface area contributed by atoms with Crippen LogP contribution in [0, 0.1) is 12.3 Å². The first-order valence-electron chi connectivity index (χ1n) is 8.60. The number of carbonyl (C=O) groups is 1. The highest BCUT2D eigenvalue weighted by molar-refractivity contribution is 5.97. The zero-order chi connectivity index (χ0) is 16.7. The zero-order valence-electron chi connectivity index (χ0n) is 14.4. The fourth-order valence-electron chi connectivity index (χ4n) is 4.18.